The van der Waals surface area contributed by atoms with Crippen molar-refractivity contribution < 1.29 is 8.42 Å². The Labute approximate surface area is 195 Å². The third kappa shape index (κ3) is 3.50. The minimum absolute atomic E-state index is 0.257. The summed E-state index contributed by atoms with van der Waals surface area (Å²) in [5.74, 6) is 0. The maximum Gasteiger partial charge on any atom is 0.269 e. The van der Waals surface area contributed by atoms with Gasteiger partial charge >= 0.3 is 0 Å². The molecular formula is C27H26N2O2SSi. The molecule has 5 aromatic rings. The van der Waals surface area contributed by atoms with Crippen LogP contribution < -0.4 is 5.19 Å². The molecule has 4 nitrogen and oxygen atoms in total. The number of rotatable bonds is 4. The molecule has 0 amide bonds. The quantitative estimate of drug-likeness (QED) is 0.305. The Hall–Kier alpha value is -3.22. The van der Waals surface area contributed by atoms with Crippen LogP contribution >= 0.6 is 0 Å². The van der Waals surface area contributed by atoms with Crippen LogP contribution in [-0.2, 0) is 10.0 Å². The zero-order valence-electron chi connectivity index (χ0n) is 19.2. The van der Waals surface area contributed by atoms with Crippen LogP contribution in [0.4, 0.5) is 0 Å². The molecule has 0 saturated carbocycles. The number of fused-ring (bicyclic) bond motifs is 3. The Balaban J connectivity index is 1.97. The number of hydrogen-bond donors (Lipinski definition) is 0. The standard InChI is InChI=1S/C27H26N2O2SSi/c1-19-14-16-21(17-15-19)32(30,31)29-23-13-9-8-12-22(23)26-25(20-10-6-5-7-11-20)24(33(2,3)4)18-28-27(26)29/h5-18H,1-4H3. The number of aryl methyl sites for hydroxylation is 1. The number of pyridine rings is 1. The Morgan fingerprint density at radius 3 is 2.12 bits per heavy atom. The van der Waals surface area contributed by atoms with Crippen molar-refractivity contribution in [1.82, 2.24) is 8.96 Å². The fourth-order valence-corrected chi connectivity index (χ4v) is 7.37. The van der Waals surface area contributed by atoms with Crippen molar-refractivity contribution in [1.29, 1.82) is 0 Å². The lowest BCUT2D eigenvalue weighted by molar-refractivity contribution is 0.590. The van der Waals surface area contributed by atoms with Gasteiger partial charge in [0.2, 0.25) is 0 Å². The Morgan fingerprint density at radius 2 is 1.45 bits per heavy atom. The van der Waals surface area contributed by atoms with E-state index >= 15 is 0 Å². The molecule has 0 aliphatic carbocycles. The summed E-state index contributed by atoms with van der Waals surface area (Å²) in [4.78, 5) is 5.06. The van der Waals surface area contributed by atoms with Crippen LogP contribution in [0.2, 0.25) is 19.6 Å². The lowest BCUT2D eigenvalue weighted by Crippen LogP contribution is -2.39. The number of aromatic nitrogens is 2. The minimum atomic E-state index is -3.85. The Morgan fingerprint density at radius 1 is 0.818 bits per heavy atom. The highest BCUT2D eigenvalue weighted by Crippen LogP contribution is 2.37. The van der Waals surface area contributed by atoms with Crippen LogP contribution in [0.3, 0.4) is 0 Å². The van der Waals surface area contributed by atoms with E-state index < -0.39 is 18.1 Å². The fraction of sp³-hybridized carbons (Fsp3) is 0.148. The molecule has 0 bridgehead atoms. The molecule has 3 aromatic carbocycles. The van der Waals surface area contributed by atoms with Crippen molar-refractivity contribution >= 4 is 45.2 Å². The van der Waals surface area contributed by atoms with E-state index in [1.54, 1.807) is 12.1 Å². The van der Waals surface area contributed by atoms with Crippen molar-refractivity contribution in [3.63, 3.8) is 0 Å². The van der Waals surface area contributed by atoms with E-state index in [-0.39, 0.29) is 4.90 Å². The first-order chi connectivity index (χ1) is 15.7. The topological polar surface area (TPSA) is 52.0 Å². The molecular weight excluding hydrogens is 444 g/mol. The summed E-state index contributed by atoms with van der Waals surface area (Å²) in [7, 11) is -5.64. The second kappa shape index (κ2) is 7.68. The highest BCUT2D eigenvalue weighted by Gasteiger charge is 2.29. The van der Waals surface area contributed by atoms with E-state index in [1.807, 2.05) is 67.7 Å². The molecule has 0 N–H and O–H groups in total. The molecule has 166 valence electrons. The maximum absolute atomic E-state index is 13.9. The van der Waals surface area contributed by atoms with Crippen LogP contribution in [0.25, 0.3) is 33.1 Å². The zero-order chi connectivity index (χ0) is 23.4. The van der Waals surface area contributed by atoms with Crippen molar-refractivity contribution in [3.05, 3.63) is 90.6 Å². The molecule has 0 unspecified atom stereocenters. The average Bonchev–Trinajstić information content (AvgIpc) is 3.14. The number of hydrogen-bond acceptors (Lipinski definition) is 3. The summed E-state index contributed by atoms with van der Waals surface area (Å²) in [6, 6.07) is 24.9. The maximum atomic E-state index is 13.9. The second-order valence-electron chi connectivity index (χ2n) is 9.46. The van der Waals surface area contributed by atoms with Crippen molar-refractivity contribution in [2.24, 2.45) is 0 Å². The zero-order valence-corrected chi connectivity index (χ0v) is 21.0. The molecule has 33 heavy (non-hydrogen) atoms. The molecule has 5 rings (SSSR count). The first-order valence-corrected chi connectivity index (χ1v) is 15.9. The largest absolute Gasteiger partial charge is 0.269 e. The van der Waals surface area contributed by atoms with Gasteiger partial charge in [-0.15, -0.1) is 0 Å². The smallest absolute Gasteiger partial charge is 0.237 e. The molecule has 2 heterocycles. The summed E-state index contributed by atoms with van der Waals surface area (Å²) in [5.41, 5.74) is 4.30. The number of nitrogens with zero attached hydrogens (tertiary/aromatic N) is 2. The van der Waals surface area contributed by atoms with Gasteiger partial charge in [-0.3, -0.25) is 0 Å². The van der Waals surface area contributed by atoms with Gasteiger partial charge in [0.15, 0.2) is 5.65 Å². The van der Waals surface area contributed by atoms with Crippen LogP contribution in [0.1, 0.15) is 5.56 Å². The summed E-state index contributed by atoms with van der Waals surface area (Å²) >= 11 is 0. The third-order valence-corrected chi connectivity index (χ3v) is 9.79. The van der Waals surface area contributed by atoms with Crippen LogP contribution in [0.5, 0.6) is 0 Å². The lowest BCUT2D eigenvalue weighted by atomic mass is 10.0. The van der Waals surface area contributed by atoms with Gasteiger partial charge in [-0.05, 0) is 41.4 Å². The first kappa shape index (κ1) is 21.6. The summed E-state index contributed by atoms with van der Waals surface area (Å²) in [6.45, 7) is 8.84. The number of para-hydroxylation sites is 1. The van der Waals surface area contributed by atoms with Gasteiger partial charge in [0.05, 0.1) is 18.5 Å². The molecule has 6 heteroatoms. The highest BCUT2D eigenvalue weighted by molar-refractivity contribution is 7.90. The van der Waals surface area contributed by atoms with Gasteiger partial charge in [0.25, 0.3) is 10.0 Å². The monoisotopic (exact) mass is 470 g/mol. The van der Waals surface area contributed by atoms with Gasteiger partial charge in [-0.1, -0.05) is 85.9 Å². The van der Waals surface area contributed by atoms with Gasteiger partial charge in [-0.2, -0.15) is 0 Å². The molecule has 0 spiro atoms. The van der Waals surface area contributed by atoms with Gasteiger partial charge < -0.3 is 0 Å². The van der Waals surface area contributed by atoms with Crippen molar-refractivity contribution in [2.45, 2.75) is 31.5 Å². The van der Waals surface area contributed by atoms with Crippen LogP contribution in [-0.4, -0.2) is 25.4 Å². The highest BCUT2D eigenvalue weighted by atomic mass is 32.2. The van der Waals surface area contributed by atoms with Crippen molar-refractivity contribution in [2.75, 3.05) is 0 Å². The molecule has 0 fully saturated rings. The Kier molecular flexibility index (Phi) is 5.03. The third-order valence-electron chi connectivity index (χ3n) is 6.07. The van der Waals surface area contributed by atoms with E-state index in [0.717, 1.165) is 27.5 Å². The molecule has 0 saturated heterocycles. The van der Waals surface area contributed by atoms with E-state index in [0.29, 0.717) is 11.2 Å². The van der Waals surface area contributed by atoms with Crippen molar-refractivity contribution in [3.8, 4) is 11.1 Å². The first-order valence-electron chi connectivity index (χ1n) is 11.0. The van der Waals surface area contributed by atoms with E-state index in [2.05, 4.69) is 31.8 Å². The SMILES string of the molecule is Cc1ccc(S(=O)(=O)n2c3ccccc3c3c(-c4ccccc4)c([Si](C)(C)C)cnc32)cc1. The fourth-order valence-electron chi connectivity index (χ4n) is 4.42. The normalized spacial score (nSPS) is 12.5. The average molecular weight is 471 g/mol. The molecule has 0 aliphatic rings. The van der Waals surface area contributed by atoms with E-state index in [9.17, 15) is 8.42 Å². The molecule has 0 radical (unpaired) electrons. The van der Waals surface area contributed by atoms with Gasteiger partial charge in [0.1, 0.15) is 0 Å². The van der Waals surface area contributed by atoms with Crippen LogP contribution in [0.15, 0.2) is 90.0 Å². The minimum Gasteiger partial charge on any atom is -0.237 e. The van der Waals surface area contributed by atoms with Gasteiger partial charge in [0, 0.05) is 17.0 Å². The van der Waals surface area contributed by atoms with Gasteiger partial charge in [-0.25, -0.2) is 17.4 Å². The van der Waals surface area contributed by atoms with Crippen LogP contribution in [0, 0.1) is 6.92 Å². The Bertz CT molecular complexity index is 1600. The predicted octanol–water partition coefficient (Wildman–Crippen LogP) is 5.95. The van der Waals surface area contributed by atoms with E-state index in [1.165, 1.54) is 9.16 Å². The number of benzene rings is 3. The predicted molar refractivity (Wildman–Crippen MR) is 139 cm³/mol. The van der Waals surface area contributed by atoms with E-state index in [4.69, 9.17) is 4.98 Å². The molecule has 0 atom stereocenters. The molecule has 0 aliphatic heterocycles. The molecule has 2 aromatic heterocycles. The lowest BCUT2D eigenvalue weighted by Gasteiger charge is -2.22. The summed E-state index contributed by atoms with van der Waals surface area (Å²) in [5, 5.41) is 3.01. The summed E-state index contributed by atoms with van der Waals surface area (Å²) < 4.78 is 29.2. The summed E-state index contributed by atoms with van der Waals surface area (Å²) in [6.07, 6.45) is 1.90. The second-order valence-corrected chi connectivity index (χ2v) is 16.3.